The van der Waals surface area contributed by atoms with Gasteiger partial charge in [-0.3, -0.25) is 9.44 Å². The van der Waals surface area contributed by atoms with Crippen molar-refractivity contribution in [1.82, 2.24) is 0 Å². The van der Waals surface area contributed by atoms with Crippen LogP contribution < -0.4 is 14.2 Å². The van der Waals surface area contributed by atoms with Crippen LogP contribution in [0.5, 0.6) is 17.2 Å². The maximum Gasteiger partial charge on any atom is 0.347 e. The lowest BCUT2D eigenvalue weighted by atomic mass is 10.1. The number of esters is 1. The third-order valence-corrected chi connectivity index (χ3v) is 14.0. The number of sulfonamides is 2. The fourth-order valence-electron chi connectivity index (χ4n) is 5.01. The Morgan fingerprint density at radius 1 is 0.685 bits per heavy atom. The highest BCUT2D eigenvalue weighted by molar-refractivity contribution is 7.95. The number of carbonyl (C=O) groups excluding carboxylic acids is 1. The Bertz CT molecular complexity index is 2660. The molecule has 6 aromatic rings. The Balaban J connectivity index is 1.19. The molecule has 6 N–H and O–H groups in total. The summed E-state index contributed by atoms with van der Waals surface area (Å²) in [5.74, 6) is -4.04. The predicted octanol–water partition coefficient (Wildman–Crippen LogP) is 7.87. The van der Waals surface area contributed by atoms with E-state index in [-0.39, 0.29) is 40.8 Å². The van der Waals surface area contributed by atoms with E-state index in [2.05, 4.69) is 9.44 Å². The molecule has 6 rings (SSSR count). The fourth-order valence-corrected chi connectivity index (χ4v) is 10.6. The van der Waals surface area contributed by atoms with Crippen LogP contribution in [0.4, 0.5) is 11.4 Å². The summed E-state index contributed by atoms with van der Waals surface area (Å²) in [6.07, 6.45) is 0. The maximum atomic E-state index is 13.3. The molecule has 0 amide bonds. The summed E-state index contributed by atoms with van der Waals surface area (Å²) in [7, 11) is -8.53. The number of aliphatic hydroxyl groups excluding tert-OH is 1. The highest BCUT2D eigenvalue weighted by Crippen LogP contribution is 2.40. The Hall–Kier alpha value is -5.14. The molecule has 278 valence electrons. The van der Waals surface area contributed by atoms with Crippen molar-refractivity contribution in [2.24, 2.45) is 0 Å². The van der Waals surface area contributed by atoms with Gasteiger partial charge in [-0.05, 0) is 71.3 Å². The van der Waals surface area contributed by atoms with Gasteiger partial charge in [0, 0.05) is 23.3 Å². The topological polar surface area (TPSA) is 217 Å². The van der Waals surface area contributed by atoms with Crippen molar-refractivity contribution in [2.75, 3.05) is 9.44 Å². The van der Waals surface area contributed by atoms with Crippen LogP contribution in [0.15, 0.2) is 105 Å². The molecular weight excluding hydrogens is 824 g/mol. The van der Waals surface area contributed by atoms with E-state index in [0.29, 0.717) is 27.8 Å². The van der Waals surface area contributed by atoms with Crippen molar-refractivity contribution < 1.29 is 51.6 Å². The number of aromatic hydroxyl groups is 2. The normalized spacial score (nSPS) is 11.6. The van der Waals surface area contributed by atoms with Crippen molar-refractivity contribution in [3.63, 3.8) is 0 Å². The number of phenolic OH excluding ortho intramolecular Hbond substituents is 2. The van der Waals surface area contributed by atoms with Crippen LogP contribution in [0.25, 0.3) is 22.3 Å². The SMILES string of the molecule is O=C(Oc1cc(NS(=O)(=O)c2cc(-c3ccc(O)cc3)c(Cl)s2)ccc1C(=O)O)c1ccc(NS(=O)(=O)c2cc(-c3cccc(CO)c3)c(Cl)s2)cc1O. The third kappa shape index (κ3) is 8.32. The lowest BCUT2D eigenvalue weighted by Gasteiger charge is -2.12. The van der Waals surface area contributed by atoms with Gasteiger partial charge in [-0.1, -0.05) is 53.5 Å². The number of aromatic carboxylic acids is 1. The van der Waals surface area contributed by atoms with Gasteiger partial charge < -0.3 is 25.2 Å². The van der Waals surface area contributed by atoms with E-state index < -0.39 is 54.6 Å². The number of carboxylic acids is 1. The lowest BCUT2D eigenvalue weighted by Crippen LogP contribution is -2.15. The van der Waals surface area contributed by atoms with Crippen molar-refractivity contribution in [1.29, 1.82) is 0 Å². The summed E-state index contributed by atoms with van der Waals surface area (Å²) in [5.41, 5.74) is 1.26. The average Bonchev–Trinajstić information content (AvgIpc) is 3.72. The predicted molar refractivity (Wildman–Crippen MR) is 205 cm³/mol. The molecule has 0 atom stereocenters. The number of aliphatic hydroxyl groups is 1. The monoisotopic (exact) mass is 846 g/mol. The molecule has 19 heteroatoms. The number of hydrogen-bond acceptors (Lipinski definition) is 12. The smallest absolute Gasteiger partial charge is 0.347 e. The Morgan fingerprint density at radius 3 is 1.80 bits per heavy atom. The summed E-state index contributed by atoms with van der Waals surface area (Å²) < 4.78 is 62.9. The number of benzene rings is 4. The number of anilines is 2. The van der Waals surface area contributed by atoms with Crippen LogP contribution in [0.3, 0.4) is 0 Å². The van der Waals surface area contributed by atoms with Crippen LogP contribution in [0, 0.1) is 0 Å². The second-order valence-electron chi connectivity index (χ2n) is 11.3. The highest BCUT2D eigenvalue weighted by atomic mass is 35.5. The summed E-state index contributed by atoms with van der Waals surface area (Å²) >= 11 is 14.2. The number of hydrogen-bond donors (Lipinski definition) is 6. The molecule has 0 aliphatic carbocycles. The first-order valence-corrected chi connectivity index (χ1v) is 20.5. The van der Waals surface area contributed by atoms with E-state index in [0.717, 1.165) is 59.1 Å². The van der Waals surface area contributed by atoms with Gasteiger partial charge in [0.25, 0.3) is 20.0 Å². The van der Waals surface area contributed by atoms with Crippen LogP contribution >= 0.6 is 45.9 Å². The van der Waals surface area contributed by atoms with Gasteiger partial charge in [-0.15, -0.1) is 22.7 Å². The Labute approximate surface area is 325 Å². The number of ether oxygens (including phenoxy) is 1. The number of carbonyl (C=O) groups is 2. The molecule has 0 unspecified atom stereocenters. The Morgan fingerprint density at radius 2 is 1.24 bits per heavy atom. The standard InChI is InChI=1S/C35H24Cl2N2O11S4/c36-32-26(19-4-8-23(41)9-5-19)15-30(51-32)54(48,49)39-22-7-11-25(34(43)44)29(14-22)50-35(45)24-10-6-21(13-28(24)42)38-53(46,47)31-16-27(33(37)52-31)20-3-1-2-18(12-20)17-40/h1-16,38-42H,17H2,(H,43,44). The van der Waals surface area contributed by atoms with Gasteiger partial charge in [0.1, 0.15) is 45.5 Å². The molecule has 54 heavy (non-hydrogen) atoms. The van der Waals surface area contributed by atoms with E-state index in [4.69, 9.17) is 27.9 Å². The van der Waals surface area contributed by atoms with Gasteiger partial charge in [-0.2, -0.15) is 0 Å². The minimum Gasteiger partial charge on any atom is -0.508 e. The van der Waals surface area contributed by atoms with E-state index in [1.54, 1.807) is 36.4 Å². The lowest BCUT2D eigenvalue weighted by molar-refractivity contribution is 0.0681. The number of thiophene rings is 2. The molecule has 0 aliphatic rings. The van der Waals surface area contributed by atoms with Gasteiger partial charge in [0.05, 0.1) is 18.0 Å². The zero-order valence-electron chi connectivity index (χ0n) is 27.0. The van der Waals surface area contributed by atoms with Crippen LogP contribution in [-0.4, -0.2) is 49.2 Å². The summed E-state index contributed by atoms with van der Waals surface area (Å²) in [5, 5.41) is 39.4. The van der Waals surface area contributed by atoms with Crippen molar-refractivity contribution in [3.8, 4) is 39.5 Å². The van der Waals surface area contributed by atoms with Gasteiger partial charge >= 0.3 is 11.9 Å². The molecule has 2 heterocycles. The third-order valence-electron chi connectivity index (χ3n) is 7.59. The molecule has 0 saturated carbocycles. The number of carboxylic acid groups (broad SMARTS) is 1. The summed E-state index contributed by atoms with van der Waals surface area (Å²) in [4.78, 5) is 25.1. The first-order valence-electron chi connectivity index (χ1n) is 15.1. The molecule has 0 fully saturated rings. The molecular formula is C35H24Cl2N2O11S4. The average molecular weight is 848 g/mol. The molecule has 0 spiro atoms. The number of nitrogens with one attached hydrogen (secondary N) is 2. The summed E-state index contributed by atoms with van der Waals surface area (Å²) in [6, 6.07) is 21.7. The first kappa shape index (κ1) is 38.6. The van der Waals surface area contributed by atoms with Crippen molar-refractivity contribution in [3.05, 3.63) is 122 Å². The number of halogens is 2. The molecule has 0 radical (unpaired) electrons. The van der Waals surface area contributed by atoms with Crippen LogP contribution in [0.2, 0.25) is 8.67 Å². The largest absolute Gasteiger partial charge is 0.508 e. The fraction of sp³-hybridized carbons (Fsp3) is 0.0286. The highest BCUT2D eigenvalue weighted by Gasteiger charge is 2.25. The molecule has 2 aromatic heterocycles. The molecule has 0 saturated heterocycles. The molecule has 13 nitrogen and oxygen atoms in total. The van der Waals surface area contributed by atoms with Gasteiger partial charge in [0.2, 0.25) is 0 Å². The van der Waals surface area contributed by atoms with E-state index in [9.17, 15) is 46.9 Å². The van der Waals surface area contributed by atoms with Gasteiger partial charge in [0.15, 0.2) is 0 Å². The zero-order valence-corrected chi connectivity index (χ0v) is 31.8. The van der Waals surface area contributed by atoms with E-state index >= 15 is 0 Å². The number of rotatable bonds is 12. The summed E-state index contributed by atoms with van der Waals surface area (Å²) in [6.45, 7) is -0.221. The van der Waals surface area contributed by atoms with Crippen LogP contribution in [-0.2, 0) is 26.7 Å². The second-order valence-corrected chi connectivity index (χ2v) is 18.4. The van der Waals surface area contributed by atoms with E-state index in [1.165, 1.54) is 24.3 Å². The van der Waals surface area contributed by atoms with Crippen LogP contribution in [0.1, 0.15) is 26.3 Å². The van der Waals surface area contributed by atoms with Crippen molar-refractivity contribution >= 4 is 89.2 Å². The van der Waals surface area contributed by atoms with Gasteiger partial charge in [-0.25, -0.2) is 26.4 Å². The molecule has 0 aliphatic heterocycles. The molecule has 0 bridgehead atoms. The minimum absolute atomic E-state index is 0.00863. The zero-order chi connectivity index (χ0) is 38.9. The maximum absolute atomic E-state index is 13.3. The quantitative estimate of drug-likeness (QED) is 0.0514. The number of phenols is 2. The first-order chi connectivity index (χ1) is 25.5. The van der Waals surface area contributed by atoms with Crippen molar-refractivity contribution in [2.45, 2.75) is 15.0 Å². The van der Waals surface area contributed by atoms with E-state index in [1.807, 2.05) is 0 Å². The second kappa shape index (κ2) is 15.3. The minimum atomic E-state index is -4.29. The Kier molecular flexibility index (Phi) is 10.9. The molecule has 4 aromatic carbocycles.